The maximum Gasteiger partial charge on any atom is 0.266 e. The van der Waals surface area contributed by atoms with Crippen LogP contribution in [0.3, 0.4) is 0 Å². The number of carbonyl (C=O) groups is 3. The Balaban J connectivity index is 1.41. The van der Waals surface area contributed by atoms with Crippen LogP contribution in [0.5, 0.6) is 0 Å². The molecular weight excluding hydrogens is 371 g/mol. The van der Waals surface area contributed by atoms with E-state index in [0.717, 1.165) is 10.5 Å². The van der Waals surface area contributed by atoms with Crippen LogP contribution in [0, 0.1) is 5.82 Å². The van der Waals surface area contributed by atoms with E-state index < -0.39 is 0 Å². The van der Waals surface area contributed by atoms with Crippen molar-refractivity contribution in [2.24, 2.45) is 0 Å². The lowest BCUT2D eigenvalue weighted by molar-refractivity contribution is 0.0923. The molecule has 3 amide bonds. The number of carbonyl (C=O) groups excluding carboxylic acids is 3. The number of benzene rings is 3. The normalized spacial score (nSPS) is 12.8. The first-order valence-electron chi connectivity index (χ1n) is 9.15. The predicted octanol–water partition coefficient (Wildman–Crippen LogP) is 3.60. The zero-order valence-corrected chi connectivity index (χ0v) is 15.4. The van der Waals surface area contributed by atoms with E-state index in [0.29, 0.717) is 35.3 Å². The standard InChI is InChI=1S/C23H17FN2O3/c24-17-5-3-4-15(14-17)12-13-25-21(27)16-8-10-18(11-9-16)26-22(28)19-6-1-2-7-20(19)23(26)29/h1-11,14H,12-13H2,(H,25,27). The van der Waals surface area contributed by atoms with Gasteiger partial charge in [-0.1, -0.05) is 24.3 Å². The number of imide groups is 1. The van der Waals surface area contributed by atoms with Gasteiger partial charge in [-0.25, -0.2) is 9.29 Å². The van der Waals surface area contributed by atoms with Gasteiger partial charge in [0.1, 0.15) is 5.82 Å². The van der Waals surface area contributed by atoms with Crippen LogP contribution in [0.1, 0.15) is 36.6 Å². The monoisotopic (exact) mass is 388 g/mol. The third-order valence-corrected chi connectivity index (χ3v) is 4.77. The molecular formula is C23H17FN2O3. The van der Waals surface area contributed by atoms with Crippen LogP contribution >= 0.6 is 0 Å². The first kappa shape index (κ1) is 18.6. The number of anilines is 1. The molecule has 1 N–H and O–H groups in total. The number of halogens is 1. The molecule has 0 spiro atoms. The average Bonchev–Trinajstić information content (AvgIpc) is 2.99. The van der Waals surface area contributed by atoms with Crippen LogP contribution in [0.2, 0.25) is 0 Å². The first-order valence-corrected chi connectivity index (χ1v) is 9.15. The van der Waals surface area contributed by atoms with Crippen LogP contribution in [0.4, 0.5) is 10.1 Å². The van der Waals surface area contributed by atoms with Crippen molar-refractivity contribution in [1.29, 1.82) is 0 Å². The molecule has 0 unspecified atom stereocenters. The van der Waals surface area contributed by atoms with E-state index in [2.05, 4.69) is 5.32 Å². The van der Waals surface area contributed by atoms with E-state index in [4.69, 9.17) is 0 Å². The van der Waals surface area contributed by atoms with E-state index in [-0.39, 0.29) is 23.5 Å². The largest absolute Gasteiger partial charge is 0.352 e. The molecule has 0 atom stereocenters. The van der Waals surface area contributed by atoms with Gasteiger partial charge in [-0.2, -0.15) is 0 Å². The lowest BCUT2D eigenvalue weighted by atomic mass is 10.1. The van der Waals surface area contributed by atoms with E-state index in [1.807, 2.05) is 0 Å². The van der Waals surface area contributed by atoms with Gasteiger partial charge in [0.25, 0.3) is 17.7 Å². The number of fused-ring (bicyclic) bond motifs is 1. The summed E-state index contributed by atoms with van der Waals surface area (Å²) in [6.07, 6.45) is 0.511. The van der Waals surface area contributed by atoms with Crippen LogP contribution in [-0.2, 0) is 6.42 Å². The third kappa shape index (κ3) is 3.65. The second-order valence-electron chi connectivity index (χ2n) is 6.67. The van der Waals surface area contributed by atoms with Gasteiger partial charge in [0.2, 0.25) is 0 Å². The Morgan fingerprint density at radius 1 is 0.862 bits per heavy atom. The number of nitrogens with zero attached hydrogens (tertiary/aromatic N) is 1. The maximum atomic E-state index is 13.2. The molecule has 3 aromatic carbocycles. The van der Waals surface area contributed by atoms with Crippen molar-refractivity contribution < 1.29 is 18.8 Å². The lowest BCUT2D eigenvalue weighted by Gasteiger charge is -2.14. The molecule has 0 bridgehead atoms. The van der Waals surface area contributed by atoms with Gasteiger partial charge in [0.15, 0.2) is 0 Å². The van der Waals surface area contributed by atoms with Crippen LogP contribution < -0.4 is 10.2 Å². The summed E-state index contributed by atoms with van der Waals surface area (Å²) in [5, 5.41) is 2.78. The molecule has 0 saturated carbocycles. The molecule has 29 heavy (non-hydrogen) atoms. The molecule has 0 saturated heterocycles. The summed E-state index contributed by atoms with van der Waals surface area (Å²) in [6, 6.07) is 19.2. The summed E-state index contributed by atoms with van der Waals surface area (Å²) in [5.41, 5.74) is 2.36. The van der Waals surface area contributed by atoms with Crippen molar-refractivity contribution in [3.63, 3.8) is 0 Å². The molecule has 3 aromatic rings. The molecule has 0 fully saturated rings. The quantitative estimate of drug-likeness (QED) is 0.679. The summed E-state index contributed by atoms with van der Waals surface area (Å²) in [5.74, 6) is -1.34. The van der Waals surface area contributed by atoms with Gasteiger partial charge < -0.3 is 5.32 Å². The molecule has 144 valence electrons. The third-order valence-electron chi connectivity index (χ3n) is 4.77. The highest BCUT2D eigenvalue weighted by Crippen LogP contribution is 2.28. The Labute approximate surface area is 166 Å². The van der Waals surface area contributed by atoms with Gasteiger partial charge in [0, 0.05) is 12.1 Å². The van der Waals surface area contributed by atoms with Gasteiger partial charge in [-0.05, 0) is 60.5 Å². The van der Waals surface area contributed by atoms with E-state index in [1.165, 1.54) is 12.1 Å². The second-order valence-corrected chi connectivity index (χ2v) is 6.67. The minimum absolute atomic E-state index is 0.282. The highest BCUT2D eigenvalue weighted by molar-refractivity contribution is 6.34. The van der Waals surface area contributed by atoms with E-state index >= 15 is 0 Å². The van der Waals surface area contributed by atoms with Crippen LogP contribution in [0.25, 0.3) is 0 Å². The average molecular weight is 388 g/mol. The van der Waals surface area contributed by atoms with Crippen molar-refractivity contribution in [3.8, 4) is 0 Å². The van der Waals surface area contributed by atoms with Crippen molar-refractivity contribution in [1.82, 2.24) is 5.32 Å². The summed E-state index contributed by atoms with van der Waals surface area (Å²) in [6.45, 7) is 0.364. The molecule has 4 rings (SSSR count). The minimum Gasteiger partial charge on any atom is -0.352 e. The molecule has 6 heteroatoms. The summed E-state index contributed by atoms with van der Waals surface area (Å²) >= 11 is 0. The molecule has 0 aliphatic carbocycles. The maximum absolute atomic E-state index is 13.2. The van der Waals surface area contributed by atoms with Crippen LogP contribution in [-0.4, -0.2) is 24.3 Å². The Morgan fingerprint density at radius 2 is 1.52 bits per heavy atom. The Bertz CT molecular complexity index is 1070. The molecule has 1 aliphatic heterocycles. The first-order chi connectivity index (χ1) is 14.0. The van der Waals surface area contributed by atoms with Gasteiger partial charge in [-0.3, -0.25) is 14.4 Å². The number of rotatable bonds is 5. The number of hydrogen-bond donors (Lipinski definition) is 1. The SMILES string of the molecule is O=C(NCCc1cccc(F)c1)c1ccc(N2C(=O)c3ccccc3C2=O)cc1. The second kappa shape index (κ2) is 7.67. The van der Waals surface area contributed by atoms with E-state index in [9.17, 15) is 18.8 Å². The highest BCUT2D eigenvalue weighted by atomic mass is 19.1. The topological polar surface area (TPSA) is 66.5 Å². The highest BCUT2D eigenvalue weighted by Gasteiger charge is 2.36. The fraction of sp³-hybridized carbons (Fsp3) is 0.0870. The molecule has 1 aliphatic rings. The van der Waals surface area contributed by atoms with Crippen molar-refractivity contribution >= 4 is 23.4 Å². The van der Waals surface area contributed by atoms with Gasteiger partial charge >= 0.3 is 0 Å². The van der Waals surface area contributed by atoms with Crippen molar-refractivity contribution in [3.05, 3.63) is 101 Å². The van der Waals surface area contributed by atoms with Crippen LogP contribution in [0.15, 0.2) is 72.8 Å². The summed E-state index contributed by atoms with van der Waals surface area (Å²) in [7, 11) is 0. The van der Waals surface area contributed by atoms with Crippen molar-refractivity contribution in [2.45, 2.75) is 6.42 Å². The smallest absolute Gasteiger partial charge is 0.266 e. The fourth-order valence-electron chi connectivity index (χ4n) is 3.30. The number of amides is 3. The van der Waals surface area contributed by atoms with Gasteiger partial charge in [-0.15, -0.1) is 0 Å². The van der Waals surface area contributed by atoms with Gasteiger partial charge in [0.05, 0.1) is 16.8 Å². The Morgan fingerprint density at radius 3 is 2.14 bits per heavy atom. The Kier molecular flexibility index (Phi) is 4.91. The zero-order chi connectivity index (χ0) is 20.4. The molecule has 1 heterocycles. The molecule has 0 radical (unpaired) electrons. The lowest BCUT2D eigenvalue weighted by Crippen LogP contribution is -2.29. The summed E-state index contributed by atoms with van der Waals surface area (Å²) in [4.78, 5) is 38.5. The summed E-state index contributed by atoms with van der Waals surface area (Å²) < 4.78 is 13.2. The van der Waals surface area contributed by atoms with Crippen molar-refractivity contribution in [2.75, 3.05) is 11.4 Å². The zero-order valence-electron chi connectivity index (χ0n) is 15.4. The molecule has 5 nitrogen and oxygen atoms in total. The van der Waals surface area contributed by atoms with E-state index in [1.54, 1.807) is 60.7 Å². The number of nitrogens with one attached hydrogen (secondary N) is 1. The molecule has 0 aromatic heterocycles. The minimum atomic E-state index is -0.377. The predicted molar refractivity (Wildman–Crippen MR) is 106 cm³/mol. The Hall–Kier alpha value is -3.80. The number of hydrogen-bond acceptors (Lipinski definition) is 3. The fourth-order valence-corrected chi connectivity index (χ4v) is 3.30.